The van der Waals surface area contributed by atoms with Gasteiger partial charge < -0.3 is 5.32 Å². The predicted molar refractivity (Wildman–Crippen MR) is 110 cm³/mol. The largest absolute Gasteiger partial charge is 0.352 e. The third-order valence-corrected chi connectivity index (χ3v) is 11.8. The average Bonchev–Trinajstić information content (AvgIpc) is 2.66. The number of hydrogen-bond donors (Lipinski definition) is 1. The van der Waals surface area contributed by atoms with Crippen LogP contribution in [0.25, 0.3) is 0 Å². The van der Waals surface area contributed by atoms with Crippen LogP contribution in [0, 0.1) is 0 Å². The average molecular weight is 374 g/mol. The minimum Gasteiger partial charge on any atom is -0.352 e. The third-order valence-electron chi connectivity index (χ3n) is 5.50. The molecule has 1 unspecified atom stereocenters. The van der Waals surface area contributed by atoms with Gasteiger partial charge in [-0.05, 0) is 23.3 Å². The Morgan fingerprint density at radius 3 is 2.04 bits per heavy atom. The summed E-state index contributed by atoms with van der Waals surface area (Å²) in [5.74, 6) is 0.156. The molecule has 1 N–H and O–H groups in total. The Morgan fingerprint density at radius 2 is 1.52 bits per heavy atom. The zero-order valence-electron chi connectivity index (χ0n) is 15.4. The highest BCUT2D eigenvalue weighted by molar-refractivity contribution is 6.83. The first-order valence-electron chi connectivity index (χ1n) is 9.13. The number of carbonyl (C=O) groups is 1. The summed E-state index contributed by atoms with van der Waals surface area (Å²) >= 11 is 6.06. The first-order chi connectivity index (χ1) is 12.1. The summed E-state index contributed by atoms with van der Waals surface area (Å²) in [5.41, 5.74) is 2.20. The van der Waals surface area contributed by atoms with Crippen molar-refractivity contribution in [2.75, 3.05) is 0 Å². The Hall–Kier alpha value is -1.58. The van der Waals surface area contributed by atoms with Crippen molar-refractivity contribution in [1.29, 1.82) is 0 Å². The Balaban J connectivity index is 2.30. The van der Waals surface area contributed by atoms with E-state index in [-0.39, 0.29) is 11.4 Å². The second-order valence-electron chi connectivity index (χ2n) is 6.61. The van der Waals surface area contributed by atoms with Crippen LogP contribution in [0.2, 0.25) is 23.2 Å². The van der Waals surface area contributed by atoms with Gasteiger partial charge in [0.25, 0.3) is 0 Å². The van der Waals surface area contributed by atoms with E-state index in [4.69, 9.17) is 11.6 Å². The second kappa shape index (κ2) is 9.21. The molecule has 0 aliphatic heterocycles. The van der Waals surface area contributed by atoms with Crippen LogP contribution in [-0.2, 0) is 11.3 Å². The summed E-state index contributed by atoms with van der Waals surface area (Å²) in [6.07, 6.45) is 0. The molecule has 0 aliphatic carbocycles. The fourth-order valence-corrected chi connectivity index (χ4v) is 8.10. The molecule has 0 fully saturated rings. The molecule has 0 heterocycles. The Bertz CT molecular complexity index is 660. The van der Waals surface area contributed by atoms with Crippen molar-refractivity contribution in [2.45, 2.75) is 51.0 Å². The van der Waals surface area contributed by atoms with E-state index in [0.717, 1.165) is 29.3 Å². The maximum Gasteiger partial charge on any atom is 0.225 e. The van der Waals surface area contributed by atoms with Crippen molar-refractivity contribution < 1.29 is 4.79 Å². The van der Waals surface area contributed by atoms with Crippen LogP contribution in [-0.4, -0.2) is 14.0 Å². The van der Waals surface area contributed by atoms with E-state index >= 15 is 0 Å². The molecule has 2 nitrogen and oxygen atoms in total. The van der Waals surface area contributed by atoms with Crippen LogP contribution in [0.4, 0.5) is 0 Å². The summed E-state index contributed by atoms with van der Waals surface area (Å²) in [6, 6.07) is 21.2. The van der Waals surface area contributed by atoms with E-state index < -0.39 is 8.07 Å². The molecule has 25 heavy (non-hydrogen) atoms. The fraction of sp³-hybridized carbons (Fsp3) is 0.381. The van der Waals surface area contributed by atoms with Gasteiger partial charge in [-0.2, -0.15) is 0 Å². The fourth-order valence-electron chi connectivity index (χ4n) is 3.69. The lowest BCUT2D eigenvalue weighted by Gasteiger charge is -2.36. The highest BCUT2D eigenvalue weighted by Gasteiger charge is 2.41. The van der Waals surface area contributed by atoms with E-state index in [1.165, 1.54) is 0 Å². The monoisotopic (exact) mass is 373 g/mol. The lowest BCUT2D eigenvalue weighted by Crippen LogP contribution is -2.47. The van der Waals surface area contributed by atoms with Gasteiger partial charge in [0.05, 0.1) is 13.6 Å². The molecule has 0 saturated carbocycles. The molecule has 0 spiro atoms. The SMILES string of the molecule is CC[Si](CC)(CC)C(C(=O)NCc1ccccc1)c1ccc(Cl)cc1. The number of hydrogen-bond acceptors (Lipinski definition) is 1. The van der Waals surface area contributed by atoms with E-state index in [1.807, 2.05) is 54.6 Å². The molecule has 134 valence electrons. The van der Waals surface area contributed by atoms with Crippen molar-refractivity contribution in [3.05, 3.63) is 70.7 Å². The minimum atomic E-state index is -1.76. The zero-order chi connectivity index (χ0) is 18.3. The molecule has 4 heteroatoms. The summed E-state index contributed by atoms with van der Waals surface area (Å²) in [6.45, 7) is 7.30. The molecule has 0 saturated heterocycles. The Kier molecular flexibility index (Phi) is 7.27. The molecule has 2 aromatic rings. The smallest absolute Gasteiger partial charge is 0.225 e. The number of benzene rings is 2. The number of nitrogens with one attached hydrogen (secondary N) is 1. The van der Waals surface area contributed by atoms with Gasteiger partial charge in [-0.25, -0.2) is 0 Å². The summed E-state index contributed by atoms with van der Waals surface area (Å²) in [4.78, 5) is 13.2. The molecule has 0 bridgehead atoms. The molecule has 2 aromatic carbocycles. The molecule has 0 aromatic heterocycles. The molecule has 0 radical (unpaired) electrons. The van der Waals surface area contributed by atoms with E-state index in [1.54, 1.807) is 0 Å². The number of amides is 1. The van der Waals surface area contributed by atoms with Crippen molar-refractivity contribution in [3.8, 4) is 0 Å². The lowest BCUT2D eigenvalue weighted by molar-refractivity contribution is -0.121. The third kappa shape index (κ3) is 4.74. The first kappa shape index (κ1) is 19.7. The van der Waals surface area contributed by atoms with Gasteiger partial charge in [-0.1, -0.05) is 93.0 Å². The topological polar surface area (TPSA) is 29.1 Å². The zero-order valence-corrected chi connectivity index (χ0v) is 17.1. The van der Waals surface area contributed by atoms with Gasteiger partial charge in [0, 0.05) is 11.6 Å². The van der Waals surface area contributed by atoms with Gasteiger partial charge in [0.1, 0.15) is 0 Å². The van der Waals surface area contributed by atoms with Crippen LogP contribution >= 0.6 is 11.6 Å². The van der Waals surface area contributed by atoms with Crippen molar-refractivity contribution >= 4 is 25.6 Å². The Labute approximate surface area is 157 Å². The van der Waals surface area contributed by atoms with E-state index in [9.17, 15) is 4.79 Å². The quantitative estimate of drug-likeness (QED) is 0.583. The molecule has 2 rings (SSSR count). The lowest BCUT2D eigenvalue weighted by atomic mass is 10.1. The van der Waals surface area contributed by atoms with Gasteiger partial charge in [0.15, 0.2) is 0 Å². The van der Waals surface area contributed by atoms with Gasteiger partial charge in [0.2, 0.25) is 5.91 Å². The van der Waals surface area contributed by atoms with Gasteiger partial charge in [-0.3, -0.25) is 4.79 Å². The van der Waals surface area contributed by atoms with Crippen molar-refractivity contribution in [1.82, 2.24) is 5.32 Å². The molecular weight excluding hydrogens is 346 g/mol. The Morgan fingerprint density at radius 1 is 0.960 bits per heavy atom. The maximum atomic E-state index is 13.2. The first-order valence-corrected chi connectivity index (χ1v) is 12.2. The second-order valence-corrected chi connectivity index (χ2v) is 12.5. The van der Waals surface area contributed by atoms with Crippen molar-refractivity contribution in [2.24, 2.45) is 0 Å². The summed E-state index contributed by atoms with van der Waals surface area (Å²) < 4.78 is 0. The highest BCUT2D eigenvalue weighted by Crippen LogP contribution is 2.37. The molecule has 1 amide bonds. The van der Waals surface area contributed by atoms with Crippen LogP contribution in [0.1, 0.15) is 37.4 Å². The summed E-state index contributed by atoms with van der Waals surface area (Å²) in [5, 5.41) is 3.90. The van der Waals surface area contributed by atoms with Crippen LogP contribution in [0.3, 0.4) is 0 Å². The standard InChI is InChI=1S/C21H28ClNOSi/c1-4-25(5-2,6-3)20(18-12-14-19(22)15-13-18)21(24)23-16-17-10-8-7-9-11-17/h7-15,20H,4-6,16H2,1-3H3,(H,23,24). The molecule has 0 aliphatic rings. The number of halogens is 1. The highest BCUT2D eigenvalue weighted by atomic mass is 35.5. The number of rotatable bonds is 8. The van der Waals surface area contributed by atoms with Gasteiger partial charge in [-0.15, -0.1) is 0 Å². The van der Waals surface area contributed by atoms with Crippen molar-refractivity contribution in [3.63, 3.8) is 0 Å². The maximum absolute atomic E-state index is 13.2. The van der Waals surface area contributed by atoms with Crippen LogP contribution in [0.5, 0.6) is 0 Å². The van der Waals surface area contributed by atoms with Crippen LogP contribution in [0.15, 0.2) is 54.6 Å². The van der Waals surface area contributed by atoms with E-state index in [2.05, 4.69) is 26.1 Å². The van der Waals surface area contributed by atoms with E-state index in [0.29, 0.717) is 11.6 Å². The normalized spacial score (nSPS) is 12.6. The predicted octanol–water partition coefficient (Wildman–Crippen LogP) is 5.79. The molecule has 1 atom stereocenters. The molecular formula is C21H28ClNOSi. The minimum absolute atomic E-state index is 0.0338. The summed E-state index contributed by atoms with van der Waals surface area (Å²) in [7, 11) is -1.76. The van der Waals surface area contributed by atoms with Gasteiger partial charge >= 0.3 is 0 Å². The number of carbonyl (C=O) groups excluding carboxylic acids is 1. The van der Waals surface area contributed by atoms with Crippen LogP contribution < -0.4 is 5.32 Å².